The van der Waals surface area contributed by atoms with Crippen molar-refractivity contribution >= 4 is 5.91 Å². The molecule has 1 aromatic carbocycles. The molecule has 1 amide bonds. The lowest BCUT2D eigenvalue weighted by molar-refractivity contribution is -0.153. The number of halogens is 4. The van der Waals surface area contributed by atoms with E-state index < -0.39 is 31.0 Å². The van der Waals surface area contributed by atoms with Crippen LogP contribution in [0.15, 0.2) is 48.8 Å². The van der Waals surface area contributed by atoms with E-state index in [0.717, 1.165) is 17.3 Å². The Morgan fingerprint density at radius 2 is 1.70 bits per heavy atom. The third-order valence-corrected chi connectivity index (χ3v) is 5.70. The molecular weight excluding hydrogens is 490 g/mol. The van der Waals surface area contributed by atoms with Gasteiger partial charge in [0.1, 0.15) is 24.2 Å². The summed E-state index contributed by atoms with van der Waals surface area (Å²) in [5, 5.41) is 11.0. The second-order valence-corrected chi connectivity index (χ2v) is 10.5. The van der Waals surface area contributed by atoms with Gasteiger partial charge in [-0.25, -0.2) is 9.07 Å². The third-order valence-electron chi connectivity index (χ3n) is 5.70. The number of hydrogen-bond acceptors (Lipinski definition) is 5. The Bertz CT molecular complexity index is 1180. The van der Waals surface area contributed by atoms with Crippen LogP contribution in [-0.4, -0.2) is 45.3 Å². The summed E-state index contributed by atoms with van der Waals surface area (Å²) in [6.07, 6.45) is -1.75. The van der Waals surface area contributed by atoms with Crippen LogP contribution >= 0.6 is 0 Å². The molecule has 37 heavy (non-hydrogen) atoms. The molecule has 0 spiro atoms. The molecule has 0 aliphatic rings. The minimum Gasteiger partial charge on any atom is -0.483 e. The molecule has 0 aliphatic carbocycles. The number of ether oxygens (including phenoxy) is 1. The summed E-state index contributed by atoms with van der Waals surface area (Å²) in [6.45, 7) is 7.45. The molecule has 7 nitrogen and oxygen atoms in total. The Labute approximate surface area is 213 Å². The van der Waals surface area contributed by atoms with E-state index in [1.165, 1.54) is 23.0 Å². The Hall–Kier alpha value is -3.50. The molecule has 0 saturated heterocycles. The van der Waals surface area contributed by atoms with Gasteiger partial charge < -0.3 is 10.1 Å². The van der Waals surface area contributed by atoms with E-state index in [-0.39, 0.29) is 23.5 Å². The summed E-state index contributed by atoms with van der Waals surface area (Å²) in [5.41, 5.74) is 1.56. The number of aromatic nitrogens is 4. The molecule has 2 heterocycles. The van der Waals surface area contributed by atoms with Gasteiger partial charge in [-0.3, -0.25) is 9.78 Å². The van der Waals surface area contributed by atoms with Crippen LogP contribution in [-0.2, 0) is 22.2 Å². The average molecular weight is 522 g/mol. The van der Waals surface area contributed by atoms with E-state index in [0.29, 0.717) is 11.4 Å². The van der Waals surface area contributed by atoms with E-state index >= 15 is 0 Å². The van der Waals surface area contributed by atoms with Crippen LogP contribution in [0.25, 0.3) is 0 Å². The number of carbonyl (C=O) groups is 1. The number of benzene rings is 1. The highest BCUT2D eigenvalue weighted by molar-refractivity contribution is 5.79. The zero-order chi connectivity index (χ0) is 27.4. The first kappa shape index (κ1) is 28.1. The van der Waals surface area contributed by atoms with E-state index in [1.807, 2.05) is 24.3 Å². The number of hydrogen-bond donors (Lipinski definition) is 1. The van der Waals surface area contributed by atoms with Crippen LogP contribution in [0.3, 0.4) is 0 Å². The largest absolute Gasteiger partial charge is 0.483 e. The SMILES string of the molecule is CC(C)(C)c1ccc(CC(=O)N[C@@H](c2ccc(OCC(F)(F)F)cn2)c2cn(C(C)(C)CF)nn2)cc1. The number of pyridine rings is 1. The lowest BCUT2D eigenvalue weighted by Gasteiger charge is -2.20. The quantitative estimate of drug-likeness (QED) is 0.398. The molecule has 1 atom stereocenters. The standard InChI is InChI=1S/C26H31F4N5O2/c1-24(2,3)18-8-6-17(7-9-18)12-22(36)32-23(21-14-35(34-33-21)25(4,5)15-27)20-11-10-19(13-31-20)37-16-26(28,29)30/h6-11,13-14,23H,12,15-16H2,1-5H3,(H,32,36)/t23-/m0/s1. The number of alkyl halides is 4. The van der Waals surface area contributed by atoms with Crippen LogP contribution in [0.5, 0.6) is 5.75 Å². The summed E-state index contributed by atoms with van der Waals surface area (Å²) in [6, 6.07) is 9.63. The van der Waals surface area contributed by atoms with Gasteiger partial charge in [0, 0.05) is 0 Å². The first-order valence-corrected chi connectivity index (χ1v) is 11.7. The molecular formula is C26H31F4N5O2. The summed E-state index contributed by atoms with van der Waals surface area (Å²) in [4.78, 5) is 17.2. The van der Waals surface area contributed by atoms with Crippen LogP contribution in [0, 0.1) is 0 Å². The number of amides is 1. The topological polar surface area (TPSA) is 81.9 Å². The summed E-state index contributed by atoms with van der Waals surface area (Å²) in [7, 11) is 0. The van der Waals surface area contributed by atoms with Crippen LogP contribution in [0.1, 0.15) is 63.2 Å². The molecule has 0 saturated carbocycles. The lowest BCUT2D eigenvalue weighted by atomic mass is 9.86. The molecule has 0 bridgehead atoms. The van der Waals surface area contributed by atoms with E-state index in [2.05, 4.69) is 41.4 Å². The van der Waals surface area contributed by atoms with Crippen LogP contribution < -0.4 is 10.1 Å². The molecule has 1 N–H and O–H groups in total. The maximum Gasteiger partial charge on any atom is 0.422 e. The minimum absolute atomic E-state index is 0.0211. The van der Waals surface area contributed by atoms with E-state index in [1.54, 1.807) is 13.8 Å². The smallest absolute Gasteiger partial charge is 0.422 e. The average Bonchev–Trinajstić information content (AvgIpc) is 3.32. The Kier molecular flexibility index (Phi) is 8.24. The summed E-state index contributed by atoms with van der Waals surface area (Å²) < 4.78 is 56.9. The maximum absolute atomic E-state index is 13.5. The molecule has 200 valence electrons. The summed E-state index contributed by atoms with van der Waals surface area (Å²) in [5.74, 6) is -0.403. The van der Waals surface area contributed by atoms with Gasteiger partial charge in [0.25, 0.3) is 0 Å². The predicted octanol–water partition coefficient (Wildman–Crippen LogP) is 5.06. The Morgan fingerprint density at radius 3 is 2.24 bits per heavy atom. The molecule has 0 fully saturated rings. The van der Waals surface area contributed by atoms with Crippen molar-refractivity contribution in [2.24, 2.45) is 0 Å². The fourth-order valence-electron chi connectivity index (χ4n) is 3.40. The van der Waals surface area contributed by atoms with Crippen molar-refractivity contribution in [1.29, 1.82) is 0 Å². The van der Waals surface area contributed by atoms with Gasteiger partial charge in [-0.2, -0.15) is 13.2 Å². The number of nitrogens with one attached hydrogen (secondary N) is 1. The first-order chi connectivity index (χ1) is 17.2. The van der Waals surface area contributed by atoms with Gasteiger partial charge in [0.15, 0.2) is 6.61 Å². The van der Waals surface area contributed by atoms with Crippen LogP contribution in [0.4, 0.5) is 17.6 Å². The number of rotatable bonds is 9. The molecule has 0 aliphatic heterocycles. The zero-order valence-electron chi connectivity index (χ0n) is 21.4. The van der Waals surface area contributed by atoms with Gasteiger partial charge in [0.2, 0.25) is 5.91 Å². The zero-order valence-corrected chi connectivity index (χ0v) is 21.4. The second-order valence-electron chi connectivity index (χ2n) is 10.5. The van der Waals surface area contributed by atoms with Crippen molar-refractivity contribution in [1.82, 2.24) is 25.3 Å². The highest BCUT2D eigenvalue weighted by Crippen LogP contribution is 2.25. The molecule has 2 aromatic heterocycles. The van der Waals surface area contributed by atoms with Gasteiger partial charge >= 0.3 is 6.18 Å². The molecule has 3 rings (SSSR count). The number of carbonyl (C=O) groups excluding carboxylic acids is 1. The lowest BCUT2D eigenvalue weighted by Crippen LogP contribution is -2.32. The normalized spacial score (nSPS) is 13.3. The highest BCUT2D eigenvalue weighted by Gasteiger charge is 2.29. The van der Waals surface area contributed by atoms with Crippen molar-refractivity contribution in [3.05, 3.63) is 71.3 Å². The third kappa shape index (κ3) is 7.74. The van der Waals surface area contributed by atoms with Crippen LogP contribution in [0.2, 0.25) is 0 Å². The van der Waals surface area contributed by atoms with E-state index in [4.69, 9.17) is 4.74 Å². The van der Waals surface area contributed by atoms with Crippen molar-refractivity contribution < 1.29 is 27.1 Å². The minimum atomic E-state index is -4.48. The van der Waals surface area contributed by atoms with Gasteiger partial charge in [-0.1, -0.05) is 50.3 Å². The molecule has 0 radical (unpaired) electrons. The summed E-state index contributed by atoms with van der Waals surface area (Å²) >= 11 is 0. The van der Waals surface area contributed by atoms with Crippen molar-refractivity contribution in [3.63, 3.8) is 0 Å². The van der Waals surface area contributed by atoms with Gasteiger partial charge in [0.05, 0.1) is 30.0 Å². The molecule has 11 heteroatoms. The van der Waals surface area contributed by atoms with Crippen molar-refractivity contribution in [2.75, 3.05) is 13.3 Å². The Morgan fingerprint density at radius 1 is 1.03 bits per heavy atom. The highest BCUT2D eigenvalue weighted by atomic mass is 19.4. The Balaban J connectivity index is 1.83. The van der Waals surface area contributed by atoms with Crippen molar-refractivity contribution in [2.45, 2.75) is 64.2 Å². The maximum atomic E-state index is 13.5. The second kappa shape index (κ2) is 10.9. The molecule has 3 aromatic rings. The van der Waals surface area contributed by atoms with E-state index in [9.17, 15) is 22.4 Å². The fraction of sp³-hybridized carbons (Fsp3) is 0.462. The van der Waals surface area contributed by atoms with Crippen molar-refractivity contribution in [3.8, 4) is 5.75 Å². The predicted molar refractivity (Wildman–Crippen MR) is 130 cm³/mol. The molecule has 0 unspecified atom stereocenters. The number of nitrogens with zero attached hydrogens (tertiary/aromatic N) is 4. The fourth-order valence-corrected chi connectivity index (χ4v) is 3.40. The van der Waals surface area contributed by atoms with Gasteiger partial charge in [-0.15, -0.1) is 5.10 Å². The monoisotopic (exact) mass is 521 g/mol. The van der Waals surface area contributed by atoms with Gasteiger partial charge in [-0.05, 0) is 42.5 Å². The first-order valence-electron chi connectivity index (χ1n) is 11.7.